The first-order valence-electron chi connectivity index (χ1n) is 7.46. The molecule has 20 heavy (non-hydrogen) atoms. The van der Waals surface area contributed by atoms with Gasteiger partial charge in [-0.25, -0.2) is 4.98 Å². The number of fused-ring (bicyclic) bond motifs is 1. The van der Waals surface area contributed by atoms with Crippen LogP contribution in [0.25, 0.3) is 11.0 Å². The lowest BCUT2D eigenvalue weighted by molar-refractivity contribution is 0.416. The molecule has 1 aromatic carbocycles. The lowest BCUT2D eigenvalue weighted by Gasteiger charge is -2.14. The van der Waals surface area contributed by atoms with Crippen molar-refractivity contribution in [2.45, 2.75) is 39.0 Å². The summed E-state index contributed by atoms with van der Waals surface area (Å²) in [6.45, 7) is 3.02. The molecule has 0 spiro atoms. The molecular formula is C16H24ClN3. The Bertz CT molecular complexity index is 556. The second-order valence-corrected chi connectivity index (χ2v) is 5.93. The molecule has 4 heteroatoms. The van der Waals surface area contributed by atoms with Crippen molar-refractivity contribution < 1.29 is 0 Å². The minimum atomic E-state index is 0.716. The van der Waals surface area contributed by atoms with Crippen LogP contribution in [0, 0.1) is 5.92 Å². The maximum absolute atomic E-state index is 6.05. The third-order valence-electron chi connectivity index (χ3n) is 3.98. The van der Waals surface area contributed by atoms with Gasteiger partial charge in [-0.15, -0.1) is 0 Å². The summed E-state index contributed by atoms with van der Waals surface area (Å²) >= 11 is 6.05. The van der Waals surface area contributed by atoms with E-state index in [1.807, 2.05) is 18.2 Å². The Morgan fingerprint density at radius 1 is 1.30 bits per heavy atom. The molecule has 110 valence electrons. The van der Waals surface area contributed by atoms with Gasteiger partial charge in [-0.3, -0.25) is 0 Å². The lowest BCUT2D eigenvalue weighted by Crippen LogP contribution is -2.11. The number of imidazole rings is 1. The van der Waals surface area contributed by atoms with Crippen LogP contribution in [-0.4, -0.2) is 16.1 Å². The Morgan fingerprint density at radius 3 is 2.80 bits per heavy atom. The van der Waals surface area contributed by atoms with E-state index in [4.69, 9.17) is 22.3 Å². The Kier molecular flexibility index (Phi) is 5.44. The molecule has 0 fully saturated rings. The summed E-state index contributed by atoms with van der Waals surface area (Å²) in [5.41, 5.74) is 7.84. The van der Waals surface area contributed by atoms with Gasteiger partial charge in [0, 0.05) is 18.5 Å². The van der Waals surface area contributed by atoms with Gasteiger partial charge in [0.15, 0.2) is 0 Å². The second-order valence-electron chi connectivity index (χ2n) is 5.49. The molecule has 0 bridgehead atoms. The molecule has 0 saturated heterocycles. The van der Waals surface area contributed by atoms with Gasteiger partial charge in [-0.1, -0.05) is 31.4 Å². The molecule has 0 radical (unpaired) electrons. The van der Waals surface area contributed by atoms with Crippen LogP contribution in [0.1, 0.15) is 38.4 Å². The van der Waals surface area contributed by atoms with Gasteiger partial charge in [0.05, 0.1) is 11.0 Å². The molecular weight excluding hydrogens is 270 g/mol. The highest BCUT2D eigenvalue weighted by atomic mass is 35.5. The largest absolute Gasteiger partial charge is 0.331 e. The highest BCUT2D eigenvalue weighted by Crippen LogP contribution is 2.22. The number of aromatic nitrogens is 2. The topological polar surface area (TPSA) is 43.8 Å². The Morgan fingerprint density at radius 2 is 2.10 bits per heavy atom. The van der Waals surface area contributed by atoms with Crippen LogP contribution >= 0.6 is 11.6 Å². The van der Waals surface area contributed by atoms with E-state index in [1.54, 1.807) is 0 Å². The zero-order valence-corrected chi connectivity index (χ0v) is 13.2. The summed E-state index contributed by atoms with van der Waals surface area (Å²) < 4.78 is 2.16. The van der Waals surface area contributed by atoms with E-state index in [2.05, 4.69) is 18.5 Å². The SMILES string of the molecule is CCCC(CCN)CCc1nc2ccc(Cl)cc2n1C. The Hall–Kier alpha value is -1.06. The van der Waals surface area contributed by atoms with Crippen molar-refractivity contribution in [2.75, 3.05) is 6.54 Å². The van der Waals surface area contributed by atoms with Crippen molar-refractivity contribution in [3.8, 4) is 0 Å². The monoisotopic (exact) mass is 293 g/mol. The van der Waals surface area contributed by atoms with Crippen molar-refractivity contribution in [3.05, 3.63) is 29.0 Å². The molecule has 0 amide bonds. The van der Waals surface area contributed by atoms with E-state index >= 15 is 0 Å². The maximum atomic E-state index is 6.05. The van der Waals surface area contributed by atoms with Crippen LogP contribution in [0.4, 0.5) is 0 Å². The molecule has 2 N–H and O–H groups in total. The summed E-state index contributed by atoms with van der Waals surface area (Å²) in [4.78, 5) is 4.72. The average Bonchev–Trinajstić information content (AvgIpc) is 2.73. The smallest absolute Gasteiger partial charge is 0.109 e. The van der Waals surface area contributed by atoms with E-state index in [0.717, 1.165) is 47.7 Å². The summed E-state index contributed by atoms with van der Waals surface area (Å²) in [5.74, 6) is 1.86. The molecule has 0 saturated carbocycles. The number of hydrogen-bond acceptors (Lipinski definition) is 2. The number of nitrogens with zero attached hydrogens (tertiary/aromatic N) is 2. The van der Waals surface area contributed by atoms with Crippen molar-refractivity contribution in [1.82, 2.24) is 9.55 Å². The number of halogens is 1. The van der Waals surface area contributed by atoms with Crippen LogP contribution in [0.15, 0.2) is 18.2 Å². The Balaban J connectivity index is 2.11. The standard InChI is InChI=1S/C16H24ClN3/c1-3-4-12(9-10-18)5-8-16-19-14-7-6-13(17)11-15(14)20(16)2/h6-7,11-12H,3-5,8-10,18H2,1-2H3. The van der Waals surface area contributed by atoms with Crippen molar-refractivity contribution in [1.29, 1.82) is 0 Å². The van der Waals surface area contributed by atoms with Crippen molar-refractivity contribution >= 4 is 22.6 Å². The molecule has 1 heterocycles. The number of benzene rings is 1. The van der Waals surface area contributed by atoms with E-state index in [1.165, 1.54) is 12.8 Å². The van der Waals surface area contributed by atoms with Crippen LogP contribution in [-0.2, 0) is 13.5 Å². The zero-order valence-electron chi connectivity index (χ0n) is 12.4. The van der Waals surface area contributed by atoms with Gasteiger partial charge >= 0.3 is 0 Å². The molecule has 1 atom stereocenters. The summed E-state index contributed by atoms with van der Waals surface area (Å²) in [5, 5.41) is 0.763. The molecule has 2 aromatic rings. The zero-order chi connectivity index (χ0) is 14.5. The molecule has 0 aliphatic rings. The highest BCUT2D eigenvalue weighted by Gasteiger charge is 2.12. The quantitative estimate of drug-likeness (QED) is 0.841. The van der Waals surface area contributed by atoms with Crippen LogP contribution in [0.3, 0.4) is 0 Å². The van der Waals surface area contributed by atoms with Crippen LogP contribution in [0.2, 0.25) is 5.02 Å². The predicted octanol–water partition coefficient (Wildman–Crippen LogP) is 3.92. The fraction of sp³-hybridized carbons (Fsp3) is 0.562. The average molecular weight is 294 g/mol. The van der Waals surface area contributed by atoms with Gasteiger partial charge in [-0.2, -0.15) is 0 Å². The first kappa shape index (κ1) is 15.3. The number of hydrogen-bond donors (Lipinski definition) is 1. The van der Waals surface area contributed by atoms with Gasteiger partial charge in [-0.05, 0) is 43.5 Å². The third-order valence-corrected chi connectivity index (χ3v) is 4.22. The van der Waals surface area contributed by atoms with E-state index in [0.29, 0.717) is 5.92 Å². The summed E-state index contributed by atoms with van der Waals surface area (Å²) in [6.07, 6.45) is 5.77. The van der Waals surface area contributed by atoms with Crippen LogP contribution < -0.4 is 5.73 Å². The first-order chi connectivity index (χ1) is 9.65. The molecule has 3 nitrogen and oxygen atoms in total. The molecule has 2 rings (SSSR count). The summed E-state index contributed by atoms with van der Waals surface area (Å²) in [6, 6.07) is 5.87. The minimum absolute atomic E-state index is 0.716. The number of nitrogens with two attached hydrogens (primary N) is 1. The number of aryl methyl sites for hydroxylation is 2. The van der Waals surface area contributed by atoms with Gasteiger partial charge in [0.25, 0.3) is 0 Å². The van der Waals surface area contributed by atoms with E-state index < -0.39 is 0 Å². The molecule has 0 aliphatic carbocycles. The number of rotatable bonds is 7. The van der Waals surface area contributed by atoms with Crippen molar-refractivity contribution in [2.24, 2.45) is 18.7 Å². The normalized spacial score (nSPS) is 13.0. The maximum Gasteiger partial charge on any atom is 0.109 e. The highest BCUT2D eigenvalue weighted by molar-refractivity contribution is 6.31. The lowest BCUT2D eigenvalue weighted by atomic mass is 9.94. The molecule has 0 aliphatic heterocycles. The van der Waals surface area contributed by atoms with Gasteiger partial charge in [0.1, 0.15) is 5.82 Å². The molecule has 1 unspecified atom stereocenters. The van der Waals surface area contributed by atoms with Gasteiger partial charge < -0.3 is 10.3 Å². The van der Waals surface area contributed by atoms with Crippen molar-refractivity contribution in [3.63, 3.8) is 0 Å². The van der Waals surface area contributed by atoms with E-state index in [-0.39, 0.29) is 0 Å². The fourth-order valence-electron chi connectivity index (χ4n) is 2.85. The van der Waals surface area contributed by atoms with E-state index in [9.17, 15) is 0 Å². The minimum Gasteiger partial charge on any atom is -0.331 e. The first-order valence-corrected chi connectivity index (χ1v) is 7.84. The Labute approximate surface area is 126 Å². The molecule has 1 aromatic heterocycles. The van der Waals surface area contributed by atoms with Crippen LogP contribution in [0.5, 0.6) is 0 Å². The van der Waals surface area contributed by atoms with Gasteiger partial charge in [0.2, 0.25) is 0 Å². The fourth-order valence-corrected chi connectivity index (χ4v) is 3.01. The predicted molar refractivity (Wildman–Crippen MR) is 86.1 cm³/mol. The summed E-state index contributed by atoms with van der Waals surface area (Å²) in [7, 11) is 2.07. The third kappa shape index (κ3) is 3.53. The second kappa shape index (κ2) is 7.09.